The number of benzene rings is 5. The van der Waals surface area contributed by atoms with E-state index in [0.717, 1.165) is 11.1 Å². The van der Waals surface area contributed by atoms with Gasteiger partial charge in [0.05, 0.1) is 0 Å². The summed E-state index contributed by atoms with van der Waals surface area (Å²) in [6.07, 6.45) is 0. The topological polar surface area (TPSA) is 81.7 Å². The van der Waals surface area contributed by atoms with Gasteiger partial charge >= 0.3 is 0 Å². The predicted molar refractivity (Wildman–Crippen MR) is 161 cm³/mol. The zero-order valence-corrected chi connectivity index (χ0v) is 23.1. The van der Waals surface area contributed by atoms with Gasteiger partial charge < -0.3 is 14.8 Å². The van der Waals surface area contributed by atoms with E-state index >= 15 is 0 Å². The quantitative estimate of drug-likeness (QED) is 0.184. The Morgan fingerprint density at radius 3 is 1.26 bits per heavy atom. The predicted octanol–water partition coefficient (Wildman–Crippen LogP) is 6.67. The van der Waals surface area contributed by atoms with Gasteiger partial charge in [0, 0.05) is 40.9 Å². The van der Waals surface area contributed by atoms with Gasteiger partial charge in [0.1, 0.15) is 24.7 Å². The molecule has 0 aromatic heterocycles. The fourth-order valence-electron chi connectivity index (χ4n) is 4.36. The molecule has 6 nitrogen and oxygen atoms in total. The van der Waals surface area contributed by atoms with Crippen LogP contribution in [0.25, 0.3) is 0 Å². The molecule has 42 heavy (non-hydrogen) atoms. The number of carbonyl (C=O) groups is 3. The van der Waals surface area contributed by atoms with E-state index in [9.17, 15) is 14.4 Å². The largest absolute Gasteiger partial charge is 0.489 e. The van der Waals surface area contributed by atoms with Crippen LogP contribution in [0.15, 0.2) is 127 Å². The number of rotatable bonds is 11. The Hall–Kier alpha value is -5.49. The van der Waals surface area contributed by atoms with Gasteiger partial charge in [0.15, 0.2) is 11.6 Å². The molecule has 6 heteroatoms. The van der Waals surface area contributed by atoms with Crippen molar-refractivity contribution in [1.82, 2.24) is 5.32 Å². The maximum absolute atomic E-state index is 12.7. The molecule has 0 aliphatic heterocycles. The monoisotopic (exact) mass is 555 g/mol. The molecule has 0 aliphatic rings. The van der Waals surface area contributed by atoms with Crippen molar-refractivity contribution in [1.29, 1.82) is 0 Å². The molecule has 1 amide bonds. The molecule has 0 bridgehead atoms. The summed E-state index contributed by atoms with van der Waals surface area (Å²) in [7, 11) is 1.56. The lowest BCUT2D eigenvalue weighted by Crippen LogP contribution is -2.18. The normalized spacial score (nSPS) is 10.5. The van der Waals surface area contributed by atoms with E-state index in [1.807, 2.05) is 60.7 Å². The maximum atomic E-state index is 12.7. The van der Waals surface area contributed by atoms with Crippen molar-refractivity contribution < 1.29 is 23.9 Å². The van der Waals surface area contributed by atoms with Gasteiger partial charge in [-0.3, -0.25) is 14.4 Å². The maximum Gasteiger partial charge on any atom is 0.251 e. The van der Waals surface area contributed by atoms with Crippen LogP contribution in [0.4, 0.5) is 0 Å². The van der Waals surface area contributed by atoms with Crippen molar-refractivity contribution in [2.75, 3.05) is 7.05 Å². The highest BCUT2D eigenvalue weighted by atomic mass is 16.5. The Balaban J connectivity index is 1.24. The van der Waals surface area contributed by atoms with E-state index in [2.05, 4.69) is 5.32 Å². The average Bonchev–Trinajstić information content (AvgIpc) is 3.06. The highest BCUT2D eigenvalue weighted by molar-refractivity contribution is 6.09. The Labute approximate surface area is 244 Å². The number of hydrogen-bond donors (Lipinski definition) is 1. The SMILES string of the molecule is CNC(=O)c1cc(OCc2ccc(C(=O)c3ccccc3)cc2)cc(OCc2ccc(C(=O)c3ccccc3)cc2)c1. The van der Waals surface area contributed by atoms with Crippen molar-refractivity contribution in [3.8, 4) is 11.5 Å². The minimum atomic E-state index is -0.266. The van der Waals surface area contributed by atoms with Crippen LogP contribution in [0.3, 0.4) is 0 Å². The third-order valence-corrected chi connectivity index (χ3v) is 6.68. The van der Waals surface area contributed by atoms with Gasteiger partial charge in [-0.15, -0.1) is 0 Å². The Kier molecular flexibility index (Phi) is 8.85. The Morgan fingerprint density at radius 2 is 0.881 bits per heavy atom. The zero-order chi connectivity index (χ0) is 29.3. The summed E-state index contributed by atoms with van der Waals surface area (Å²) in [5.74, 6) is 0.595. The van der Waals surface area contributed by atoms with Crippen molar-refractivity contribution >= 4 is 17.5 Å². The third kappa shape index (κ3) is 6.98. The minimum absolute atomic E-state index is 0.0411. The van der Waals surface area contributed by atoms with Crippen LogP contribution >= 0.6 is 0 Å². The summed E-state index contributed by atoms with van der Waals surface area (Å²) >= 11 is 0. The number of nitrogens with one attached hydrogen (secondary N) is 1. The van der Waals surface area contributed by atoms with Crippen LogP contribution in [0.1, 0.15) is 53.3 Å². The number of amides is 1. The van der Waals surface area contributed by atoms with Crippen LogP contribution in [0.5, 0.6) is 11.5 Å². The van der Waals surface area contributed by atoms with E-state index in [4.69, 9.17) is 9.47 Å². The van der Waals surface area contributed by atoms with E-state index < -0.39 is 0 Å². The molecule has 5 rings (SSSR count). The van der Waals surface area contributed by atoms with Gasteiger partial charge in [-0.1, -0.05) is 109 Å². The van der Waals surface area contributed by atoms with Crippen molar-refractivity contribution in [3.05, 3.63) is 166 Å². The van der Waals surface area contributed by atoms with Gasteiger partial charge in [-0.2, -0.15) is 0 Å². The molecular formula is C36H29NO5. The lowest BCUT2D eigenvalue weighted by atomic mass is 10.0. The fourth-order valence-corrected chi connectivity index (χ4v) is 4.36. The van der Waals surface area contributed by atoms with Crippen LogP contribution in [-0.4, -0.2) is 24.5 Å². The second kappa shape index (κ2) is 13.2. The van der Waals surface area contributed by atoms with E-state index in [0.29, 0.717) is 39.3 Å². The number of hydrogen-bond acceptors (Lipinski definition) is 5. The first-order valence-electron chi connectivity index (χ1n) is 13.5. The molecular weight excluding hydrogens is 526 g/mol. The van der Waals surface area contributed by atoms with Gasteiger partial charge in [0.2, 0.25) is 0 Å². The first-order chi connectivity index (χ1) is 20.5. The zero-order valence-electron chi connectivity index (χ0n) is 23.1. The first-order valence-corrected chi connectivity index (χ1v) is 13.5. The van der Waals surface area contributed by atoms with Crippen molar-refractivity contribution in [2.24, 2.45) is 0 Å². The average molecular weight is 556 g/mol. The summed E-state index contributed by atoms with van der Waals surface area (Å²) in [6, 6.07) is 37.8. The summed E-state index contributed by atoms with van der Waals surface area (Å²) in [5, 5.41) is 2.63. The fraction of sp³-hybridized carbons (Fsp3) is 0.0833. The van der Waals surface area contributed by atoms with Crippen LogP contribution in [0, 0.1) is 0 Å². The molecule has 0 radical (unpaired) electrons. The lowest BCUT2D eigenvalue weighted by Gasteiger charge is -2.13. The van der Waals surface area contributed by atoms with E-state index in [1.165, 1.54) is 0 Å². The molecule has 0 spiro atoms. The van der Waals surface area contributed by atoms with Gasteiger partial charge in [-0.25, -0.2) is 0 Å². The van der Waals surface area contributed by atoms with E-state index in [-0.39, 0.29) is 30.7 Å². The number of ketones is 2. The van der Waals surface area contributed by atoms with Crippen molar-refractivity contribution in [2.45, 2.75) is 13.2 Å². The second-order valence-electron chi connectivity index (χ2n) is 9.63. The number of ether oxygens (including phenoxy) is 2. The van der Waals surface area contributed by atoms with Crippen molar-refractivity contribution in [3.63, 3.8) is 0 Å². The molecule has 208 valence electrons. The highest BCUT2D eigenvalue weighted by Gasteiger charge is 2.12. The Morgan fingerprint density at radius 1 is 0.500 bits per heavy atom. The third-order valence-electron chi connectivity index (χ3n) is 6.68. The van der Waals surface area contributed by atoms with Crippen LogP contribution in [-0.2, 0) is 13.2 Å². The molecule has 0 fully saturated rings. The van der Waals surface area contributed by atoms with E-state index in [1.54, 1.807) is 73.8 Å². The first kappa shape index (κ1) is 28.1. The van der Waals surface area contributed by atoms with Gasteiger partial charge in [0.25, 0.3) is 5.91 Å². The van der Waals surface area contributed by atoms with Crippen LogP contribution < -0.4 is 14.8 Å². The second-order valence-corrected chi connectivity index (χ2v) is 9.63. The lowest BCUT2D eigenvalue weighted by molar-refractivity contribution is 0.0960. The molecule has 0 aliphatic carbocycles. The molecule has 0 unspecified atom stereocenters. The minimum Gasteiger partial charge on any atom is -0.489 e. The standard InChI is InChI=1S/C36H29NO5/c1-37-36(40)31-20-32(41-23-25-12-16-29(17-13-25)34(38)27-8-4-2-5-9-27)22-33(21-31)42-24-26-14-18-30(19-15-26)35(39)28-10-6-3-7-11-28/h2-22H,23-24H2,1H3,(H,37,40). The molecule has 5 aromatic carbocycles. The summed E-state index contributed by atoms with van der Waals surface area (Å²) in [4.78, 5) is 37.8. The highest BCUT2D eigenvalue weighted by Crippen LogP contribution is 2.25. The van der Waals surface area contributed by atoms with Gasteiger partial charge in [-0.05, 0) is 23.3 Å². The summed E-state index contributed by atoms with van der Waals surface area (Å²) < 4.78 is 12.0. The molecule has 0 heterocycles. The molecule has 0 saturated carbocycles. The summed E-state index contributed by atoms with van der Waals surface area (Å²) in [5.41, 5.74) is 4.61. The molecule has 0 saturated heterocycles. The molecule has 0 atom stereocenters. The molecule has 1 N–H and O–H groups in total. The van der Waals surface area contributed by atoms with Crippen LogP contribution in [0.2, 0.25) is 0 Å². The smallest absolute Gasteiger partial charge is 0.251 e. The summed E-state index contributed by atoms with van der Waals surface area (Å²) in [6.45, 7) is 0.487. The number of carbonyl (C=O) groups excluding carboxylic acids is 3. The Bertz CT molecular complexity index is 1560. The molecule has 5 aromatic rings.